The third-order valence-electron chi connectivity index (χ3n) is 2.28. The van der Waals surface area contributed by atoms with Gasteiger partial charge in [0.2, 0.25) is 0 Å². The van der Waals surface area contributed by atoms with E-state index in [0.29, 0.717) is 23.7 Å². The zero-order valence-electron chi connectivity index (χ0n) is 10.9. The van der Waals surface area contributed by atoms with Gasteiger partial charge in [0, 0.05) is 12.1 Å². The van der Waals surface area contributed by atoms with Gasteiger partial charge in [-0.15, -0.1) is 0 Å². The van der Waals surface area contributed by atoms with Crippen LogP contribution in [-0.2, 0) is 0 Å². The van der Waals surface area contributed by atoms with Crippen molar-refractivity contribution in [2.24, 2.45) is 0 Å². The first kappa shape index (κ1) is 14.3. The van der Waals surface area contributed by atoms with Crippen molar-refractivity contribution >= 4 is 5.91 Å². The molecule has 1 amide bonds. The van der Waals surface area contributed by atoms with Crippen molar-refractivity contribution in [3.05, 3.63) is 23.8 Å². The molecule has 1 aromatic rings. The largest absolute Gasteiger partial charge is 0.493 e. The summed E-state index contributed by atoms with van der Waals surface area (Å²) in [7, 11) is 1.55. The molecule has 100 valence electrons. The summed E-state index contributed by atoms with van der Waals surface area (Å²) >= 11 is 0. The van der Waals surface area contributed by atoms with Gasteiger partial charge in [0.05, 0.1) is 19.8 Å². The van der Waals surface area contributed by atoms with Crippen LogP contribution in [0, 0.1) is 0 Å². The predicted molar refractivity (Wildman–Crippen MR) is 68.2 cm³/mol. The van der Waals surface area contributed by atoms with Crippen LogP contribution in [0.2, 0.25) is 0 Å². The maximum atomic E-state index is 11.8. The van der Waals surface area contributed by atoms with E-state index in [4.69, 9.17) is 14.6 Å². The predicted octanol–water partition coefficient (Wildman–Crippen LogP) is 1.20. The Morgan fingerprint density at radius 1 is 1.44 bits per heavy atom. The average molecular weight is 253 g/mol. The van der Waals surface area contributed by atoms with Crippen LogP contribution in [0.15, 0.2) is 18.2 Å². The molecule has 5 nitrogen and oxygen atoms in total. The summed E-state index contributed by atoms with van der Waals surface area (Å²) in [6.07, 6.45) is -0.571. The van der Waals surface area contributed by atoms with Gasteiger partial charge in [-0.05, 0) is 32.0 Å². The van der Waals surface area contributed by atoms with E-state index in [2.05, 4.69) is 5.32 Å². The van der Waals surface area contributed by atoms with E-state index in [1.807, 2.05) is 6.92 Å². The summed E-state index contributed by atoms with van der Waals surface area (Å²) in [5.74, 6) is 0.869. The summed E-state index contributed by atoms with van der Waals surface area (Å²) in [6, 6.07) is 4.96. The summed E-state index contributed by atoms with van der Waals surface area (Å²) in [6.45, 7) is 4.18. The summed E-state index contributed by atoms with van der Waals surface area (Å²) < 4.78 is 10.5. The molecule has 2 N–H and O–H groups in total. The van der Waals surface area contributed by atoms with Crippen molar-refractivity contribution in [2.45, 2.75) is 20.0 Å². The van der Waals surface area contributed by atoms with Gasteiger partial charge in [0.1, 0.15) is 0 Å². The molecule has 0 fully saturated rings. The van der Waals surface area contributed by atoms with Crippen molar-refractivity contribution in [1.29, 1.82) is 0 Å². The number of carbonyl (C=O) groups is 1. The number of aliphatic hydroxyl groups excluding tert-OH is 1. The molecule has 1 aromatic carbocycles. The minimum absolute atomic E-state index is 0.217. The quantitative estimate of drug-likeness (QED) is 0.799. The highest BCUT2D eigenvalue weighted by Crippen LogP contribution is 2.27. The van der Waals surface area contributed by atoms with Crippen LogP contribution in [0.1, 0.15) is 24.2 Å². The molecule has 0 saturated heterocycles. The Hall–Kier alpha value is -1.75. The molecule has 0 aromatic heterocycles. The maximum Gasteiger partial charge on any atom is 0.251 e. The molecule has 18 heavy (non-hydrogen) atoms. The molecule has 0 bridgehead atoms. The maximum absolute atomic E-state index is 11.8. The van der Waals surface area contributed by atoms with E-state index < -0.39 is 6.10 Å². The molecule has 1 rings (SSSR count). The van der Waals surface area contributed by atoms with Crippen molar-refractivity contribution < 1.29 is 19.4 Å². The van der Waals surface area contributed by atoms with Crippen LogP contribution in [0.4, 0.5) is 0 Å². The van der Waals surface area contributed by atoms with Gasteiger partial charge in [0.25, 0.3) is 5.91 Å². The molecule has 0 aliphatic rings. The lowest BCUT2D eigenvalue weighted by Crippen LogP contribution is -2.30. The Balaban J connectivity index is 2.83. The number of benzene rings is 1. The zero-order valence-corrected chi connectivity index (χ0v) is 10.9. The molecule has 1 atom stereocenters. The molecular formula is C13H19NO4. The minimum atomic E-state index is -0.571. The standard InChI is InChI=1S/C13H19NO4/c1-4-18-12-7-10(5-6-11(12)17-3)13(16)14-8-9(2)15/h5-7,9,15H,4,8H2,1-3H3,(H,14,16)/t9-/m1/s1. The Kier molecular flexibility index (Phi) is 5.45. The van der Waals surface area contributed by atoms with E-state index in [1.165, 1.54) is 0 Å². The van der Waals surface area contributed by atoms with Crippen LogP contribution in [0.3, 0.4) is 0 Å². The van der Waals surface area contributed by atoms with Gasteiger partial charge in [-0.2, -0.15) is 0 Å². The first-order valence-corrected chi connectivity index (χ1v) is 5.85. The number of nitrogens with one attached hydrogen (secondary N) is 1. The van der Waals surface area contributed by atoms with Gasteiger partial charge in [-0.3, -0.25) is 4.79 Å². The van der Waals surface area contributed by atoms with Crippen LogP contribution in [0.25, 0.3) is 0 Å². The van der Waals surface area contributed by atoms with Crippen LogP contribution < -0.4 is 14.8 Å². The fourth-order valence-electron chi connectivity index (χ4n) is 1.43. The molecule has 0 spiro atoms. The van der Waals surface area contributed by atoms with Crippen LogP contribution >= 0.6 is 0 Å². The van der Waals surface area contributed by atoms with E-state index >= 15 is 0 Å². The second-order valence-electron chi connectivity index (χ2n) is 3.86. The molecule has 0 aliphatic heterocycles. The SMILES string of the molecule is CCOc1cc(C(=O)NC[C@@H](C)O)ccc1OC. The highest BCUT2D eigenvalue weighted by Gasteiger charge is 2.11. The zero-order chi connectivity index (χ0) is 13.5. The Labute approximate surface area is 107 Å². The van der Waals surface area contributed by atoms with Gasteiger partial charge in [-0.1, -0.05) is 0 Å². The first-order chi connectivity index (χ1) is 8.58. The number of methoxy groups -OCH3 is 1. The van der Waals surface area contributed by atoms with Crippen molar-refractivity contribution in [3.63, 3.8) is 0 Å². The molecule has 0 radical (unpaired) electrons. The molecule has 0 heterocycles. The van der Waals surface area contributed by atoms with E-state index in [9.17, 15) is 4.79 Å². The number of aliphatic hydroxyl groups is 1. The number of hydrogen-bond acceptors (Lipinski definition) is 4. The number of rotatable bonds is 6. The van der Waals surface area contributed by atoms with Gasteiger partial charge < -0.3 is 19.9 Å². The van der Waals surface area contributed by atoms with Gasteiger partial charge >= 0.3 is 0 Å². The van der Waals surface area contributed by atoms with Crippen LogP contribution in [-0.4, -0.2) is 37.4 Å². The third-order valence-corrected chi connectivity index (χ3v) is 2.28. The molecule has 0 unspecified atom stereocenters. The minimum Gasteiger partial charge on any atom is -0.493 e. The first-order valence-electron chi connectivity index (χ1n) is 5.85. The molecule has 5 heteroatoms. The van der Waals surface area contributed by atoms with E-state index in [0.717, 1.165) is 0 Å². The smallest absolute Gasteiger partial charge is 0.251 e. The number of amides is 1. The number of ether oxygens (including phenoxy) is 2. The lowest BCUT2D eigenvalue weighted by atomic mass is 10.2. The monoisotopic (exact) mass is 253 g/mol. The summed E-state index contributed by atoms with van der Waals surface area (Å²) in [5.41, 5.74) is 0.472. The van der Waals surface area contributed by atoms with Crippen LogP contribution in [0.5, 0.6) is 11.5 Å². The second-order valence-corrected chi connectivity index (χ2v) is 3.86. The lowest BCUT2D eigenvalue weighted by molar-refractivity contribution is 0.0923. The fraction of sp³-hybridized carbons (Fsp3) is 0.462. The highest BCUT2D eigenvalue weighted by molar-refractivity contribution is 5.94. The lowest BCUT2D eigenvalue weighted by Gasteiger charge is -2.11. The fourth-order valence-corrected chi connectivity index (χ4v) is 1.43. The average Bonchev–Trinajstić information content (AvgIpc) is 2.36. The third kappa shape index (κ3) is 3.92. The Bertz CT molecular complexity index is 404. The van der Waals surface area contributed by atoms with Gasteiger partial charge in [-0.25, -0.2) is 0 Å². The van der Waals surface area contributed by atoms with Gasteiger partial charge in [0.15, 0.2) is 11.5 Å². The normalized spacial score (nSPS) is 11.8. The topological polar surface area (TPSA) is 67.8 Å². The van der Waals surface area contributed by atoms with Crippen molar-refractivity contribution in [1.82, 2.24) is 5.32 Å². The highest BCUT2D eigenvalue weighted by atomic mass is 16.5. The van der Waals surface area contributed by atoms with Crippen molar-refractivity contribution in [2.75, 3.05) is 20.3 Å². The molecule has 0 saturated carbocycles. The molecule has 0 aliphatic carbocycles. The number of carbonyl (C=O) groups excluding carboxylic acids is 1. The van der Waals surface area contributed by atoms with E-state index in [1.54, 1.807) is 32.2 Å². The Morgan fingerprint density at radius 2 is 2.17 bits per heavy atom. The summed E-state index contributed by atoms with van der Waals surface area (Å²) in [4.78, 5) is 11.8. The number of hydrogen-bond donors (Lipinski definition) is 2. The van der Waals surface area contributed by atoms with Crippen molar-refractivity contribution in [3.8, 4) is 11.5 Å². The Morgan fingerprint density at radius 3 is 2.72 bits per heavy atom. The van der Waals surface area contributed by atoms with E-state index in [-0.39, 0.29) is 12.5 Å². The molecular weight excluding hydrogens is 234 g/mol. The second kappa shape index (κ2) is 6.86. The summed E-state index contributed by atoms with van der Waals surface area (Å²) in [5, 5.41) is 11.7.